The largest absolute Gasteiger partial charge is 0.508 e. The Balaban J connectivity index is 2.41. The van der Waals surface area contributed by atoms with Gasteiger partial charge in [-0.1, -0.05) is 0 Å². The van der Waals surface area contributed by atoms with Crippen molar-refractivity contribution in [3.05, 3.63) is 18.2 Å². The maximum Gasteiger partial charge on any atom is 0.133 e. The van der Waals surface area contributed by atoms with E-state index in [9.17, 15) is 24.2 Å². The first kappa shape index (κ1) is 13.7. The molecule has 1 heterocycles. The Morgan fingerprint density at radius 3 is 2.22 bits per heavy atom. The minimum Gasteiger partial charge on any atom is -0.508 e. The van der Waals surface area contributed by atoms with E-state index < -0.39 is 20.6 Å². The van der Waals surface area contributed by atoms with Gasteiger partial charge in [-0.2, -0.15) is 14.0 Å². The van der Waals surface area contributed by atoms with E-state index in [0.717, 1.165) is 18.9 Å². The third kappa shape index (κ3) is 2.82. The van der Waals surface area contributed by atoms with Gasteiger partial charge in [0.1, 0.15) is 15.2 Å². The fourth-order valence-corrected chi connectivity index (χ4v) is 6.76. The van der Waals surface area contributed by atoms with E-state index in [1.165, 1.54) is 12.1 Å². The number of aromatic hydroxyl groups is 2. The molecule has 1 fully saturated rings. The second-order valence-corrected chi connectivity index (χ2v) is 8.16. The highest BCUT2D eigenvalue weighted by Crippen LogP contribution is 2.65. The number of hydrogen-bond donors (Lipinski definition) is 2. The Kier molecular flexibility index (Phi) is 3.63. The predicted molar refractivity (Wildman–Crippen MR) is 55.7 cm³/mol. The molecule has 1 aromatic carbocycles. The standard InChI is InChI=1S/C10H13ClO6S/c12-8-3-4-10(9(13)7-8)18(5-1-2-6-18)17-11(14,15)16/h3-4,7,12-13H,1-2,5-6H2. The summed E-state index contributed by atoms with van der Waals surface area (Å²) in [4.78, 5) is 0.296. The summed E-state index contributed by atoms with van der Waals surface area (Å²) >= 11 is 0. The molecule has 0 amide bonds. The molecule has 18 heavy (non-hydrogen) atoms. The molecule has 1 aromatic rings. The molecule has 0 aliphatic carbocycles. The lowest BCUT2D eigenvalue weighted by molar-refractivity contribution is -1.91. The SMILES string of the molecule is [O-][Cl+3]([O-])([O-])OS1(c2ccc(O)cc2O)CCCC1. The molecule has 2 rings (SSSR count). The van der Waals surface area contributed by atoms with Crippen molar-refractivity contribution in [2.75, 3.05) is 11.5 Å². The van der Waals surface area contributed by atoms with Gasteiger partial charge < -0.3 is 10.2 Å². The molecule has 0 bridgehead atoms. The Bertz CT molecular complexity index is 440. The van der Waals surface area contributed by atoms with E-state index in [1.807, 2.05) is 0 Å². The zero-order chi connectivity index (χ0) is 13.4. The van der Waals surface area contributed by atoms with Gasteiger partial charge in [-0.25, -0.2) is 0 Å². The van der Waals surface area contributed by atoms with Crippen LogP contribution in [0.1, 0.15) is 12.8 Å². The average Bonchev–Trinajstić information content (AvgIpc) is 2.64. The Morgan fingerprint density at radius 2 is 1.72 bits per heavy atom. The highest BCUT2D eigenvalue weighted by atomic mass is 35.7. The van der Waals surface area contributed by atoms with Crippen LogP contribution in [0.15, 0.2) is 23.1 Å². The molecule has 1 aliphatic rings. The van der Waals surface area contributed by atoms with Gasteiger partial charge in [0, 0.05) is 27.9 Å². The van der Waals surface area contributed by atoms with E-state index in [-0.39, 0.29) is 11.5 Å². The average molecular weight is 297 g/mol. The van der Waals surface area contributed by atoms with Gasteiger partial charge in [0.2, 0.25) is 0 Å². The molecule has 0 radical (unpaired) electrons. The number of hydrogen-bond acceptors (Lipinski definition) is 6. The molecule has 102 valence electrons. The summed E-state index contributed by atoms with van der Waals surface area (Å²) in [6.45, 7) is 0. The van der Waals surface area contributed by atoms with Gasteiger partial charge in [0.25, 0.3) is 0 Å². The molecule has 0 aromatic heterocycles. The summed E-state index contributed by atoms with van der Waals surface area (Å²) < 4.78 is 37.2. The van der Waals surface area contributed by atoms with Crippen LogP contribution >= 0.6 is 10.3 Å². The molecule has 2 N–H and O–H groups in total. The molecule has 0 unspecified atom stereocenters. The van der Waals surface area contributed by atoms with E-state index >= 15 is 0 Å². The van der Waals surface area contributed by atoms with Crippen LogP contribution in [0.3, 0.4) is 0 Å². The van der Waals surface area contributed by atoms with Gasteiger partial charge in [-0.15, -0.1) is 0 Å². The zero-order valence-corrected chi connectivity index (χ0v) is 10.9. The van der Waals surface area contributed by atoms with Gasteiger partial charge in [-0.3, -0.25) is 0 Å². The molecule has 0 atom stereocenters. The number of phenols is 2. The molecule has 8 heteroatoms. The summed E-state index contributed by atoms with van der Waals surface area (Å²) in [5, 5.41) is 19.0. The topological polar surface area (TPSA) is 119 Å². The minimum absolute atomic E-state index is 0.133. The molecular formula is C10H13ClO6S. The second kappa shape index (κ2) is 4.76. The summed E-state index contributed by atoms with van der Waals surface area (Å²) in [5.74, 6) is 0.455. The molecule has 1 saturated heterocycles. The lowest BCUT2D eigenvalue weighted by Crippen LogP contribution is -2.61. The third-order valence-corrected chi connectivity index (χ3v) is 7.36. The van der Waals surface area contributed by atoms with Gasteiger partial charge in [0.15, 0.2) is 0 Å². The van der Waals surface area contributed by atoms with Crippen molar-refractivity contribution in [3.63, 3.8) is 0 Å². The predicted octanol–water partition coefficient (Wildman–Crippen LogP) is -1.12. The zero-order valence-electron chi connectivity index (χ0n) is 9.37. The lowest BCUT2D eigenvalue weighted by Gasteiger charge is -2.30. The van der Waals surface area contributed by atoms with Crippen molar-refractivity contribution in [1.29, 1.82) is 0 Å². The minimum atomic E-state index is -4.54. The first-order valence-corrected chi connectivity index (χ1v) is 8.38. The van der Waals surface area contributed by atoms with Crippen molar-refractivity contribution >= 4 is 10.3 Å². The van der Waals surface area contributed by atoms with Crippen LogP contribution < -0.4 is 14.0 Å². The summed E-state index contributed by atoms with van der Waals surface area (Å²) in [5.41, 5.74) is 0. The summed E-state index contributed by atoms with van der Waals surface area (Å²) in [7, 11) is -6.86. The fourth-order valence-electron chi connectivity index (χ4n) is 2.06. The molecular weight excluding hydrogens is 284 g/mol. The van der Waals surface area contributed by atoms with E-state index in [0.29, 0.717) is 16.4 Å². The van der Waals surface area contributed by atoms with Crippen LogP contribution in [0.5, 0.6) is 11.5 Å². The Labute approximate surface area is 108 Å². The van der Waals surface area contributed by atoms with Crippen LogP contribution in [0, 0.1) is 10.2 Å². The van der Waals surface area contributed by atoms with Crippen molar-refractivity contribution in [1.82, 2.24) is 0 Å². The number of rotatable bonds is 3. The molecule has 0 spiro atoms. The highest BCUT2D eigenvalue weighted by Gasteiger charge is 2.46. The van der Waals surface area contributed by atoms with Crippen LogP contribution in [0.2, 0.25) is 0 Å². The Morgan fingerprint density at radius 1 is 1.11 bits per heavy atom. The quantitative estimate of drug-likeness (QED) is 0.729. The smallest absolute Gasteiger partial charge is 0.133 e. The maximum atomic E-state index is 10.8. The highest BCUT2D eigenvalue weighted by molar-refractivity contribution is 8.30. The molecule has 6 nitrogen and oxygen atoms in total. The normalized spacial score (nSPS) is 20.8. The van der Waals surface area contributed by atoms with Crippen molar-refractivity contribution in [2.45, 2.75) is 17.7 Å². The molecule has 1 aliphatic heterocycles. The van der Waals surface area contributed by atoms with Crippen LogP contribution in [0.25, 0.3) is 0 Å². The number of phenolic OH excluding ortho intramolecular Hbond substituents is 2. The molecule has 0 saturated carbocycles. The van der Waals surface area contributed by atoms with E-state index in [4.69, 9.17) is 3.74 Å². The van der Waals surface area contributed by atoms with Gasteiger partial charge >= 0.3 is 0 Å². The van der Waals surface area contributed by atoms with Crippen molar-refractivity contribution < 1.29 is 38.2 Å². The van der Waals surface area contributed by atoms with Crippen molar-refractivity contribution in [3.8, 4) is 11.5 Å². The van der Waals surface area contributed by atoms with Crippen LogP contribution in [0.4, 0.5) is 0 Å². The first-order chi connectivity index (χ1) is 8.32. The van der Waals surface area contributed by atoms with E-state index in [2.05, 4.69) is 0 Å². The maximum absolute atomic E-state index is 10.8. The summed E-state index contributed by atoms with van der Waals surface area (Å²) in [6.07, 6.45) is 1.47. The monoisotopic (exact) mass is 296 g/mol. The van der Waals surface area contributed by atoms with Crippen LogP contribution in [-0.2, 0) is 3.74 Å². The summed E-state index contributed by atoms with van der Waals surface area (Å²) in [6, 6.07) is 3.85. The first-order valence-electron chi connectivity index (χ1n) is 5.25. The fraction of sp³-hybridized carbons (Fsp3) is 0.400. The number of halogens is 1. The van der Waals surface area contributed by atoms with Crippen molar-refractivity contribution in [2.24, 2.45) is 0 Å². The van der Waals surface area contributed by atoms with Gasteiger partial charge in [0.05, 0.1) is 15.1 Å². The Hall–Kier alpha value is -0.700. The second-order valence-electron chi connectivity index (χ2n) is 4.02. The third-order valence-electron chi connectivity index (χ3n) is 2.74. The van der Waals surface area contributed by atoms with E-state index in [1.54, 1.807) is 0 Å². The lowest BCUT2D eigenvalue weighted by atomic mass is 10.3. The van der Waals surface area contributed by atoms with Crippen LogP contribution in [-0.4, -0.2) is 21.7 Å². The van der Waals surface area contributed by atoms with Gasteiger partial charge in [-0.05, 0) is 25.0 Å². The number of benzene rings is 1.